The van der Waals surface area contributed by atoms with E-state index in [1.54, 1.807) is 12.1 Å². The Morgan fingerprint density at radius 1 is 1.38 bits per heavy atom. The van der Waals surface area contributed by atoms with Crippen molar-refractivity contribution in [1.29, 1.82) is 0 Å². The molecular weight excluding hydrogens is 206 g/mol. The first kappa shape index (κ1) is 12.7. The molecule has 0 aliphatic rings. The minimum Gasteiger partial charge on any atom is -0.478 e. The van der Waals surface area contributed by atoms with Crippen LogP contribution in [0, 0.1) is 0 Å². The number of nitrogens with two attached hydrogens (primary N) is 1. The molecule has 1 aromatic carbocycles. The summed E-state index contributed by atoms with van der Waals surface area (Å²) >= 11 is 0. The standard InChI is InChI=1S/C12H17NO3/c1-2-3-10(14)11(13)8-4-6-9(7-5-8)12(15)16/h4-7,10-11,14H,2-3,13H2,1H3,(H,15,16)/t10-,11+/m0/s1. The summed E-state index contributed by atoms with van der Waals surface area (Å²) in [6.45, 7) is 1.98. The van der Waals surface area contributed by atoms with Crippen LogP contribution in [-0.2, 0) is 0 Å². The zero-order valence-electron chi connectivity index (χ0n) is 9.26. The Labute approximate surface area is 94.7 Å². The van der Waals surface area contributed by atoms with Crippen molar-refractivity contribution >= 4 is 5.97 Å². The van der Waals surface area contributed by atoms with Gasteiger partial charge in [-0.25, -0.2) is 4.79 Å². The van der Waals surface area contributed by atoms with Crippen molar-refractivity contribution in [2.75, 3.05) is 0 Å². The Hall–Kier alpha value is -1.39. The lowest BCUT2D eigenvalue weighted by Crippen LogP contribution is -2.25. The highest BCUT2D eigenvalue weighted by Crippen LogP contribution is 2.18. The van der Waals surface area contributed by atoms with E-state index in [9.17, 15) is 9.90 Å². The van der Waals surface area contributed by atoms with Crippen molar-refractivity contribution in [2.45, 2.75) is 31.9 Å². The fourth-order valence-corrected chi connectivity index (χ4v) is 1.55. The van der Waals surface area contributed by atoms with E-state index in [1.165, 1.54) is 12.1 Å². The molecule has 4 nitrogen and oxygen atoms in total. The van der Waals surface area contributed by atoms with E-state index in [-0.39, 0.29) is 5.56 Å². The first-order valence-corrected chi connectivity index (χ1v) is 5.33. The van der Waals surface area contributed by atoms with Crippen molar-refractivity contribution < 1.29 is 15.0 Å². The molecule has 0 radical (unpaired) electrons. The molecule has 4 N–H and O–H groups in total. The highest BCUT2D eigenvalue weighted by molar-refractivity contribution is 5.87. The van der Waals surface area contributed by atoms with Gasteiger partial charge in [-0.1, -0.05) is 25.5 Å². The highest BCUT2D eigenvalue weighted by atomic mass is 16.4. The quantitative estimate of drug-likeness (QED) is 0.707. The predicted molar refractivity (Wildman–Crippen MR) is 61.2 cm³/mol. The largest absolute Gasteiger partial charge is 0.478 e. The Balaban J connectivity index is 2.77. The summed E-state index contributed by atoms with van der Waals surface area (Å²) in [5.74, 6) is -0.964. The fraction of sp³-hybridized carbons (Fsp3) is 0.417. The maximum Gasteiger partial charge on any atom is 0.335 e. The lowest BCUT2D eigenvalue weighted by atomic mass is 9.98. The number of aromatic carboxylic acids is 1. The highest BCUT2D eigenvalue weighted by Gasteiger charge is 2.16. The first-order chi connectivity index (χ1) is 7.56. The molecule has 0 spiro atoms. The minimum absolute atomic E-state index is 0.223. The van der Waals surface area contributed by atoms with Gasteiger partial charge in [0, 0.05) is 0 Å². The zero-order chi connectivity index (χ0) is 12.1. The number of carboxylic acids is 1. The molecule has 4 heteroatoms. The van der Waals surface area contributed by atoms with Gasteiger partial charge in [0.05, 0.1) is 17.7 Å². The summed E-state index contributed by atoms with van der Waals surface area (Å²) < 4.78 is 0. The van der Waals surface area contributed by atoms with Crippen molar-refractivity contribution in [3.8, 4) is 0 Å². The third-order valence-electron chi connectivity index (χ3n) is 2.54. The summed E-state index contributed by atoms with van der Waals surface area (Å²) in [5.41, 5.74) is 6.83. The van der Waals surface area contributed by atoms with Crippen LogP contribution in [0.5, 0.6) is 0 Å². The molecule has 0 saturated carbocycles. The Morgan fingerprint density at radius 3 is 2.38 bits per heavy atom. The number of benzene rings is 1. The van der Waals surface area contributed by atoms with Gasteiger partial charge < -0.3 is 15.9 Å². The maximum absolute atomic E-state index is 10.6. The number of carbonyl (C=O) groups is 1. The average molecular weight is 223 g/mol. The summed E-state index contributed by atoms with van der Waals surface area (Å²) in [5, 5.41) is 18.4. The molecule has 88 valence electrons. The molecule has 0 aliphatic carbocycles. The molecule has 0 fully saturated rings. The predicted octanol–water partition coefficient (Wildman–Crippen LogP) is 1.55. The van der Waals surface area contributed by atoms with E-state index in [4.69, 9.17) is 10.8 Å². The van der Waals surface area contributed by atoms with Crippen LogP contribution in [0.1, 0.15) is 41.7 Å². The van der Waals surface area contributed by atoms with Gasteiger partial charge in [-0.05, 0) is 24.1 Å². The van der Waals surface area contributed by atoms with Crippen LogP contribution in [0.25, 0.3) is 0 Å². The number of aliphatic hydroxyl groups excluding tert-OH is 1. The lowest BCUT2D eigenvalue weighted by Gasteiger charge is -2.18. The fourth-order valence-electron chi connectivity index (χ4n) is 1.55. The SMILES string of the molecule is CCC[C@H](O)[C@H](N)c1ccc(C(=O)O)cc1. The smallest absolute Gasteiger partial charge is 0.335 e. The molecule has 0 aromatic heterocycles. The first-order valence-electron chi connectivity index (χ1n) is 5.33. The molecule has 0 unspecified atom stereocenters. The summed E-state index contributed by atoms with van der Waals surface area (Å²) in [4.78, 5) is 10.6. The van der Waals surface area contributed by atoms with Gasteiger partial charge in [0.1, 0.15) is 0 Å². The molecular formula is C12H17NO3. The van der Waals surface area contributed by atoms with Crippen molar-refractivity contribution in [1.82, 2.24) is 0 Å². The average Bonchev–Trinajstić information content (AvgIpc) is 2.28. The molecule has 0 heterocycles. The van der Waals surface area contributed by atoms with Gasteiger partial charge in [-0.15, -0.1) is 0 Å². The van der Waals surface area contributed by atoms with Gasteiger partial charge >= 0.3 is 5.97 Å². The van der Waals surface area contributed by atoms with Gasteiger partial charge in [-0.3, -0.25) is 0 Å². The van der Waals surface area contributed by atoms with Gasteiger partial charge in [0.25, 0.3) is 0 Å². The van der Waals surface area contributed by atoms with Crippen LogP contribution < -0.4 is 5.73 Å². The number of hydrogen-bond acceptors (Lipinski definition) is 3. The summed E-state index contributed by atoms with van der Waals surface area (Å²) in [7, 11) is 0. The van der Waals surface area contributed by atoms with Crippen LogP contribution in [0.3, 0.4) is 0 Å². The second kappa shape index (κ2) is 5.63. The summed E-state index contributed by atoms with van der Waals surface area (Å²) in [6, 6.07) is 5.83. The molecule has 0 bridgehead atoms. The molecule has 0 amide bonds. The monoisotopic (exact) mass is 223 g/mol. The number of rotatable bonds is 5. The van der Waals surface area contributed by atoms with Crippen LogP contribution in [-0.4, -0.2) is 22.3 Å². The molecule has 1 aromatic rings. The van der Waals surface area contributed by atoms with E-state index in [0.29, 0.717) is 6.42 Å². The minimum atomic E-state index is -0.964. The number of aliphatic hydroxyl groups is 1. The van der Waals surface area contributed by atoms with Gasteiger partial charge in [0.2, 0.25) is 0 Å². The Bertz CT molecular complexity index is 348. The Kier molecular flexibility index (Phi) is 4.46. The van der Waals surface area contributed by atoms with Crippen molar-refractivity contribution in [3.05, 3.63) is 35.4 Å². The zero-order valence-corrected chi connectivity index (χ0v) is 9.26. The van der Waals surface area contributed by atoms with Crippen LogP contribution in [0.4, 0.5) is 0 Å². The molecule has 0 saturated heterocycles. The Morgan fingerprint density at radius 2 is 1.94 bits per heavy atom. The van der Waals surface area contributed by atoms with Crippen molar-refractivity contribution in [2.24, 2.45) is 5.73 Å². The van der Waals surface area contributed by atoms with E-state index >= 15 is 0 Å². The number of hydrogen-bond donors (Lipinski definition) is 3. The van der Waals surface area contributed by atoms with E-state index in [1.807, 2.05) is 6.92 Å². The third-order valence-corrected chi connectivity index (χ3v) is 2.54. The van der Waals surface area contributed by atoms with Crippen LogP contribution in [0.2, 0.25) is 0 Å². The molecule has 1 rings (SSSR count). The van der Waals surface area contributed by atoms with Gasteiger partial charge in [-0.2, -0.15) is 0 Å². The van der Waals surface area contributed by atoms with Crippen molar-refractivity contribution in [3.63, 3.8) is 0 Å². The third kappa shape index (κ3) is 3.05. The van der Waals surface area contributed by atoms with Crippen LogP contribution >= 0.6 is 0 Å². The normalized spacial score (nSPS) is 14.4. The number of carboxylic acid groups (broad SMARTS) is 1. The van der Waals surface area contributed by atoms with E-state index < -0.39 is 18.1 Å². The lowest BCUT2D eigenvalue weighted by molar-refractivity contribution is 0.0697. The molecule has 0 aliphatic heterocycles. The maximum atomic E-state index is 10.6. The second-order valence-corrected chi connectivity index (χ2v) is 3.81. The topological polar surface area (TPSA) is 83.5 Å². The molecule has 2 atom stereocenters. The van der Waals surface area contributed by atoms with E-state index in [2.05, 4.69) is 0 Å². The van der Waals surface area contributed by atoms with Gasteiger partial charge in [0.15, 0.2) is 0 Å². The van der Waals surface area contributed by atoms with E-state index in [0.717, 1.165) is 12.0 Å². The second-order valence-electron chi connectivity index (χ2n) is 3.81. The summed E-state index contributed by atoms with van der Waals surface area (Å²) in [6.07, 6.45) is 0.921. The van der Waals surface area contributed by atoms with Crippen LogP contribution in [0.15, 0.2) is 24.3 Å². The molecule has 16 heavy (non-hydrogen) atoms.